The summed E-state index contributed by atoms with van der Waals surface area (Å²) in [6.07, 6.45) is 7.79. The predicted octanol–water partition coefficient (Wildman–Crippen LogP) is 3.97. The van der Waals surface area contributed by atoms with Crippen molar-refractivity contribution in [3.05, 3.63) is 89.6 Å². The highest BCUT2D eigenvalue weighted by Gasteiger charge is 2.20. The van der Waals surface area contributed by atoms with Crippen LogP contribution in [0, 0.1) is 0 Å². The maximum Gasteiger partial charge on any atom is 0.279 e. The number of allylic oxidation sites excluding steroid dienone is 2. The molecule has 2 aliphatic heterocycles. The summed E-state index contributed by atoms with van der Waals surface area (Å²) >= 11 is 0. The molecule has 2 aromatic carbocycles. The number of ether oxygens (including phenoxy) is 1. The highest BCUT2D eigenvalue weighted by atomic mass is 16.5. The van der Waals surface area contributed by atoms with Gasteiger partial charge in [-0.2, -0.15) is 4.99 Å². The highest BCUT2D eigenvalue weighted by Crippen LogP contribution is 2.21. The molecule has 2 aliphatic rings. The molecule has 5 nitrogen and oxygen atoms in total. The van der Waals surface area contributed by atoms with Crippen LogP contribution in [0.2, 0.25) is 0 Å². The lowest BCUT2D eigenvalue weighted by Crippen LogP contribution is -2.24. The number of amidine groups is 2. The average Bonchev–Trinajstić information content (AvgIpc) is 2.85. The van der Waals surface area contributed by atoms with Crippen LogP contribution >= 0.6 is 0 Å². The number of carbonyl (C=O) groups is 1. The van der Waals surface area contributed by atoms with E-state index in [9.17, 15) is 4.79 Å². The summed E-state index contributed by atoms with van der Waals surface area (Å²) in [6.45, 7) is 3.19. The third-order valence-corrected chi connectivity index (χ3v) is 4.36. The number of benzene rings is 2. The van der Waals surface area contributed by atoms with E-state index >= 15 is 0 Å². The molecule has 2 heterocycles. The van der Waals surface area contributed by atoms with E-state index in [0.29, 0.717) is 24.6 Å². The molecule has 0 atom stereocenters. The third kappa shape index (κ3) is 3.58. The van der Waals surface area contributed by atoms with Gasteiger partial charge in [-0.25, -0.2) is 4.99 Å². The van der Waals surface area contributed by atoms with E-state index in [-0.39, 0.29) is 5.91 Å². The van der Waals surface area contributed by atoms with Gasteiger partial charge in [0.15, 0.2) is 5.84 Å². The maximum absolute atomic E-state index is 12.7. The van der Waals surface area contributed by atoms with Crippen LogP contribution in [0.25, 0.3) is 0 Å². The van der Waals surface area contributed by atoms with E-state index in [1.165, 1.54) is 0 Å². The molecule has 0 radical (unpaired) electrons. The van der Waals surface area contributed by atoms with Crippen molar-refractivity contribution in [3.63, 3.8) is 0 Å². The molecule has 134 valence electrons. The minimum atomic E-state index is -0.323. The quantitative estimate of drug-likeness (QED) is 0.835. The van der Waals surface area contributed by atoms with Gasteiger partial charge >= 0.3 is 0 Å². The van der Waals surface area contributed by atoms with Crippen LogP contribution in [0.4, 0.5) is 0 Å². The van der Waals surface area contributed by atoms with Crippen molar-refractivity contribution in [3.8, 4) is 5.75 Å². The monoisotopic (exact) mass is 357 g/mol. The molecule has 0 aliphatic carbocycles. The van der Waals surface area contributed by atoms with Crippen molar-refractivity contribution in [2.24, 2.45) is 9.98 Å². The minimum absolute atomic E-state index is 0.323. The number of aliphatic imine (C=N–C) groups is 2. The predicted molar refractivity (Wildman–Crippen MR) is 106 cm³/mol. The number of amides is 1. The molecule has 0 bridgehead atoms. The van der Waals surface area contributed by atoms with E-state index < -0.39 is 0 Å². The SMILES string of the molecule is CCOc1ccc(C(=O)N=C2N=C3C=CC=CN3Cc3ccccc32)cc1. The molecule has 2 aromatic rings. The lowest BCUT2D eigenvalue weighted by Gasteiger charge is -2.20. The Morgan fingerprint density at radius 3 is 2.78 bits per heavy atom. The summed E-state index contributed by atoms with van der Waals surface area (Å²) in [5.41, 5.74) is 2.46. The smallest absolute Gasteiger partial charge is 0.279 e. The molecule has 0 saturated carbocycles. The summed E-state index contributed by atoms with van der Waals surface area (Å²) in [5.74, 6) is 1.61. The number of rotatable bonds is 3. The number of fused-ring (bicyclic) bond motifs is 2. The van der Waals surface area contributed by atoms with Crippen LogP contribution in [0.1, 0.15) is 28.4 Å². The molecule has 0 unspecified atom stereocenters. The molecule has 5 heteroatoms. The number of carbonyl (C=O) groups excluding carboxylic acids is 1. The fourth-order valence-electron chi connectivity index (χ4n) is 3.04. The fourth-order valence-corrected chi connectivity index (χ4v) is 3.04. The Balaban J connectivity index is 1.72. The maximum atomic E-state index is 12.7. The summed E-state index contributed by atoms with van der Waals surface area (Å²) < 4.78 is 5.42. The molecule has 0 saturated heterocycles. The zero-order valence-electron chi connectivity index (χ0n) is 15.0. The Kier molecular flexibility index (Phi) is 4.66. The molecule has 0 N–H and O–H groups in total. The van der Waals surface area contributed by atoms with Crippen LogP contribution in [0.15, 0.2) is 82.9 Å². The first-order valence-corrected chi connectivity index (χ1v) is 8.89. The van der Waals surface area contributed by atoms with Crippen LogP contribution in [0.3, 0.4) is 0 Å². The number of hydrogen-bond donors (Lipinski definition) is 0. The van der Waals surface area contributed by atoms with Gasteiger partial charge in [0, 0.05) is 23.9 Å². The van der Waals surface area contributed by atoms with Crippen molar-refractivity contribution >= 4 is 17.6 Å². The molecular formula is C22H19N3O2. The van der Waals surface area contributed by atoms with Crippen molar-refractivity contribution in [2.75, 3.05) is 6.61 Å². The van der Waals surface area contributed by atoms with E-state index in [4.69, 9.17) is 4.74 Å². The Hall–Kier alpha value is -3.47. The first kappa shape index (κ1) is 17.0. The van der Waals surface area contributed by atoms with Crippen molar-refractivity contribution in [1.29, 1.82) is 0 Å². The molecule has 1 amide bonds. The van der Waals surface area contributed by atoms with Crippen molar-refractivity contribution in [1.82, 2.24) is 4.90 Å². The van der Waals surface area contributed by atoms with Crippen molar-refractivity contribution in [2.45, 2.75) is 13.5 Å². The standard InChI is InChI=1S/C22H19N3O2/c1-2-27-18-12-10-16(11-13-18)22(26)24-21-19-8-4-3-7-17(19)15-25-14-6-5-9-20(25)23-21/h3-14H,2,15H2,1H3. The van der Waals surface area contributed by atoms with E-state index in [2.05, 4.69) is 9.98 Å². The van der Waals surface area contributed by atoms with Crippen LogP contribution in [0.5, 0.6) is 5.75 Å². The van der Waals surface area contributed by atoms with Gasteiger partial charge in [-0.05, 0) is 48.9 Å². The van der Waals surface area contributed by atoms with Crippen LogP contribution in [-0.2, 0) is 6.54 Å². The Bertz CT molecular complexity index is 985. The van der Waals surface area contributed by atoms with Gasteiger partial charge in [0.2, 0.25) is 0 Å². The van der Waals surface area contributed by atoms with Gasteiger partial charge in [-0.3, -0.25) is 4.79 Å². The van der Waals surface area contributed by atoms with Crippen LogP contribution < -0.4 is 4.74 Å². The highest BCUT2D eigenvalue weighted by molar-refractivity contribution is 6.16. The van der Waals surface area contributed by atoms with E-state index in [0.717, 1.165) is 22.7 Å². The van der Waals surface area contributed by atoms with E-state index in [1.54, 1.807) is 24.3 Å². The Morgan fingerprint density at radius 2 is 1.96 bits per heavy atom. The topological polar surface area (TPSA) is 54.3 Å². The third-order valence-electron chi connectivity index (χ3n) is 4.36. The molecule has 27 heavy (non-hydrogen) atoms. The van der Waals surface area contributed by atoms with Gasteiger partial charge in [0.05, 0.1) is 6.61 Å². The number of hydrogen-bond acceptors (Lipinski definition) is 3. The summed E-state index contributed by atoms with van der Waals surface area (Å²) in [5, 5.41) is 0. The molecule has 0 fully saturated rings. The average molecular weight is 357 g/mol. The van der Waals surface area contributed by atoms with Gasteiger partial charge in [-0.15, -0.1) is 0 Å². The Labute approximate surface area is 158 Å². The summed E-state index contributed by atoms with van der Waals surface area (Å²) in [4.78, 5) is 23.8. The minimum Gasteiger partial charge on any atom is -0.494 e. The number of nitrogens with zero attached hydrogens (tertiary/aromatic N) is 3. The fraction of sp³-hybridized carbons (Fsp3) is 0.136. The largest absolute Gasteiger partial charge is 0.494 e. The van der Waals surface area contributed by atoms with Crippen LogP contribution in [-0.4, -0.2) is 29.1 Å². The zero-order valence-corrected chi connectivity index (χ0v) is 15.0. The van der Waals surface area contributed by atoms with Gasteiger partial charge < -0.3 is 9.64 Å². The Morgan fingerprint density at radius 1 is 1.15 bits per heavy atom. The van der Waals surface area contributed by atoms with E-state index in [1.807, 2.05) is 60.5 Å². The first-order chi connectivity index (χ1) is 13.2. The summed E-state index contributed by atoms with van der Waals surface area (Å²) in [6, 6.07) is 14.9. The normalized spacial score (nSPS) is 16.4. The second-order valence-corrected chi connectivity index (χ2v) is 6.15. The van der Waals surface area contributed by atoms with Gasteiger partial charge in [0.25, 0.3) is 5.91 Å². The van der Waals surface area contributed by atoms with Gasteiger partial charge in [0.1, 0.15) is 11.6 Å². The molecule has 0 aromatic heterocycles. The van der Waals surface area contributed by atoms with Crippen molar-refractivity contribution < 1.29 is 9.53 Å². The zero-order chi connectivity index (χ0) is 18.6. The molecular weight excluding hydrogens is 338 g/mol. The second kappa shape index (κ2) is 7.41. The lowest BCUT2D eigenvalue weighted by molar-refractivity contribution is 0.100. The first-order valence-electron chi connectivity index (χ1n) is 8.89. The molecule has 0 spiro atoms. The molecule has 4 rings (SSSR count). The lowest BCUT2D eigenvalue weighted by atomic mass is 10.1. The summed E-state index contributed by atoms with van der Waals surface area (Å²) in [7, 11) is 0. The van der Waals surface area contributed by atoms with Gasteiger partial charge in [-0.1, -0.05) is 30.3 Å². The second-order valence-electron chi connectivity index (χ2n) is 6.15.